The summed E-state index contributed by atoms with van der Waals surface area (Å²) in [7, 11) is 1.41. The zero-order chi connectivity index (χ0) is 18.3. The molecule has 2 N–H and O–H groups in total. The Balaban J connectivity index is 1.80. The molecule has 2 heterocycles. The minimum Gasteiger partial charge on any atom is -0.465 e. The van der Waals surface area contributed by atoms with Gasteiger partial charge in [0, 0.05) is 18.2 Å². The Morgan fingerprint density at radius 1 is 1.19 bits per heavy atom. The van der Waals surface area contributed by atoms with Crippen LogP contribution in [0.25, 0.3) is 11.0 Å². The molecule has 1 amide bonds. The summed E-state index contributed by atoms with van der Waals surface area (Å²) in [5.41, 5.74) is 2.65. The van der Waals surface area contributed by atoms with E-state index in [4.69, 9.17) is 14.6 Å². The number of anilines is 1. The molecule has 0 saturated carbocycles. The molecule has 8 heteroatoms. The molecule has 26 heavy (non-hydrogen) atoms. The molecule has 4 rings (SSSR count). The number of benzene rings is 2. The molecule has 134 valence electrons. The number of imidazole rings is 1. The molecule has 7 nitrogen and oxygen atoms in total. The fourth-order valence-electron chi connectivity index (χ4n) is 3.03. The molecular weight excluding hydrogens is 341 g/mol. The van der Waals surface area contributed by atoms with E-state index in [9.17, 15) is 9.18 Å². The highest BCUT2D eigenvalue weighted by Gasteiger charge is 2.41. The smallest absolute Gasteiger partial charge is 0.413 e. The van der Waals surface area contributed by atoms with Crippen LogP contribution in [0, 0.1) is 5.82 Å². The van der Waals surface area contributed by atoms with Crippen LogP contribution in [0.3, 0.4) is 0 Å². The van der Waals surface area contributed by atoms with Crippen LogP contribution in [-0.2, 0) is 15.3 Å². The number of amides is 1. The third-order valence-electron chi connectivity index (χ3n) is 4.37. The van der Waals surface area contributed by atoms with E-state index in [0.717, 1.165) is 4.90 Å². The number of ether oxygens (including phenoxy) is 2. The lowest BCUT2D eigenvalue weighted by molar-refractivity contribution is -0.129. The van der Waals surface area contributed by atoms with Gasteiger partial charge < -0.3 is 19.6 Å². The highest BCUT2D eigenvalue weighted by Crippen LogP contribution is 2.39. The van der Waals surface area contributed by atoms with E-state index in [1.807, 2.05) is 6.07 Å². The van der Waals surface area contributed by atoms with Gasteiger partial charge in [0.25, 0.3) is 0 Å². The molecule has 2 aromatic carbocycles. The van der Waals surface area contributed by atoms with E-state index in [1.165, 1.54) is 19.2 Å². The van der Waals surface area contributed by atoms with E-state index >= 15 is 0 Å². The van der Waals surface area contributed by atoms with E-state index < -0.39 is 11.9 Å². The standard InChI is InChI=1S/C18H16FN3O4/c1-22(17(23)24)16-20-14-7-4-12(10-15(14)21-16)18(25-8-9-26-18)11-2-5-13(19)6-3-11/h2-7,10H,8-9H2,1H3,(H,20,21)(H,23,24). The first-order chi connectivity index (χ1) is 12.5. The Labute approximate surface area is 148 Å². The highest BCUT2D eigenvalue weighted by molar-refractivity contribution is 5.87. The Hall–Kier alpha value is -2.97. The van der Waals surface area contributed by atoms with Crippen LogP contribution in [0.5, 0.6) is 0 Å². The number of hydrogen-bond donors (Lipinski definition) is 2. The molecule has 1 aliphatic heterocycles. The van der Waals surface area contributed by atoms with Gasteiger partial charge >= 0.3 is 6.09 Å². The first-order valence-corrected chi connectivity index (χ1v) is 8.00. The van der Waals surface area contributed by atoms with Gasteiger partial charge in [-0.1, -0.05) is 18.2 Å². The van der Waals surface area contributed by atoms with Crippen LogP contribution < -0.4 is 4.90 Å². The third kappa shape index (κ3) is 2.59. The Morgan fingerprint density at radius 2 is 1.85 bits per heavy atom. The fraction of sp³-hybridized carbons (Fsp3) is 0.222. The predicted molar refractivity (Wildman–Crippen MR) is 91.6 cm³/mol. The largest absolute Gasteiger partial charge is 0.465 e. The summed E-state index contributed by atoms with van der Waals surface area (Å²) in [4.78, 5) is 19.4. The van der Waals surface area contributed by atoms with Crippen molar-refractivity contribution in [3.05, 3.63) is 59.4 Å². The van der Waals surface area contributed by atoms with Crippen molar-refractivity contribution < 1.29 is 23.8 Å². The van der Waals surface area contributed by atoms with Gasteiger partial charge in [-0.05, 0) is 24.3 Å². The van der Waals surface area contributed by atoms with E-state index in [-0.39, 0.29) is 11.8 Å². The van der Waals surface area contributed by atoms with Crippen molar-refractivity contribution in [2.24, 2.45) is 0 Å². The van der Waals surface area contributed by atoms with Crippen molar-refractivity contribution in [1.29, 1.82) is 0 Å². The quantitative estimate of drug-likeness (QED) is 0.752. The summed E-state index contributed by atoms with van der Waals surface area (Å²) >= 11 is 0. The van der Waals surface area contributed by atoms with E-state index in [2.05, 4.69) is 9.97 Å². The van der Waals surface area contributed by atoms with Crippen LogP contribution >= 0.6 is 0 Å². The topological polar surface area (TPSA) is 87.7 Å². The number of halogens is 1. The lowest BCUT2D eigenvalue weighted by Crippen LogP contribution is -2.28. The molecular formula is C18H16FN3O4. The second kappa shape index (κ2) is 6.08. The molecule has 1 fully saturated rings. The maximum atomic E-state index is 13.3. The molecule has 1 saturated heterocycles. The first-order valence-electron chi connectivity index (χ1n) is 8.00. The predicted octanol–water partition coefficient (Wildman–Crippen LogP) is 3.06. The normalized spacial score (nSPS) is 16.1. The Bertz CT molecular complexity index is 964. The summed E-state index contributed by atoms with van der Waals surface area (Å²) in [6.45, 7) is 0.816. The van der Waals surface area contributed by atoms with Gasteiger partial charge in [0.05, 0.1) is 24.2 Å². The molecule has 0 atom stereocenters. The third-order valence-corrected chi connectivity index (χ3v) is 4.37. The Kier molecular flexibility index (Phi) is 3.86. The summed E-state index contributed by atoms with van der Waals surface area (Å²) in [6.07, 6.45) is -1.12. The summed E-state index contributed by atoms with van der Waals surface area (Å²) in [5, 5.41) is 9.10. The fourth-order valence-corrected chi connectivity index (χ4v) is 3.03. The zero-order valence-corrected chi connectivity index (χ0v) is 13.9. The van der Waals surface area contributed by atoms with Gasteiger partial charge in [-0.25, -0.2) is 14.2 Å². The number of carboxylic acid groups (broad SMARTS) is 1. The minimum absolute atomic E-state index is 0.216. The number of fused-ring (bicyclic) bond motifs is 1. The number of aromatic nitrogens is 2. The van der Waals surface area contributed by atoms with Crippen LogP contribution in [0.15, 0.2) is 42.5 Å². The molecule has 0 aliphatic carbocycles. The average molecular weight is 357 g/mol. The van der Waals surface area contributed by atoms with Gasteiger partial charge in [0.1, 0.15) is 5.82 Å². The van der Waals surface area contributed by atoms with E-state index in [0.29, 0.717) is 35.4 Å². The number of nitrogens with one attached hydrogen (secondary N) is 1. The summed E-state index contributed by atoms with van der Waals surface area (Å²) in [6, 6.07) is 11.3. The number of rotatable bonds is 3. The summed E-state index contributed by atoms with van der Waals surface area (Å²) < 4.78 is 25.1. The Morgan fingerprint density at radius 3 is 2.50 bits per heavy atom. The minimum atomic E-state index is -1.13. The second-order valence-electron chi connectivity index (χ2n) is 5.95. The lowest BCUT2D eigenvalue weighted by Gasteiger charge is -2.28. The van der Waals surface area contributed by atoms with Gasteiger partial charge in [-0.3, -0.25) is 4.90 Å². The van der Waals surface area contributed by atoms with Crippen molar-refractivity contribution in [3.8, 4) is 0 Å². The molecule has 0 radical (unpaired) electrons. The second-order valence-corrected chi connectivity index (χ2v) is 5.95. The number of carbonyl (C=O) groups is 1. The van der Waals surface area contributed by atoms with Crippen LogP contribution in [0.2, 0.25) is 0 Å². The summed E-state index contributed by atoms with van der Waals surface area (Å²) in [5.74, 6) is -1.26. The molecule has 1 aliphatic rings. The van der Waals surface area contributed by atoms with Gasteiger partial charge in [0.15, 0.2) is 0 Å². The van der Waals surface area contributed by atoms with Crippen LogP contribution in [0.4, 0.5) is 15.1 Å². The van der Waals surface area contributed by atoms with Crippen LogP contribution in [0.1, 0.15) is 11.1 Å². The van der Waals surface area contributed by atoms with Gasteiger partial charge in [-0.2, -0.15) is 0 Å². The van der Waals surface area contributed by atoms with Crippen LogP contribution in [-0.4, -0.2) is 41.4 Å². The zero-order valence-electron chi connectivity index (χ0n) is 13.9. The van der Waals surface area contributed by atoms with E-state index in [1.54, 1.807) is 24.3 Å². The van der Waals surface area contributed by atoms with Crippen molar-refractivity contribution in [3.63, 3.8) is 0 Å². The molecule has 0 bridgehead atoms. The molecule has 0 unspecified atom stereocenters. The lowest BCUT2D eigenvalue weighted by atomic mass is 9.97. The number of aromatic amines is 1. The number of nitrogens with zero attached hydrogens (tertiary/aromatic N) is 2. The number of hydrogen-bond acceptors (Lipinski definition) is 4. The first kappa shape index (κ1) is 16.5. The van der Waals surface area contributed by atoms with Crippen molar-refractivity contribution in [1.82, 2.24) is 9.97 Å². The van der Waals surface area contributed by atoms with Gasteiger partial charge in [0.2, 0.25) is 11.7 Å². The SMILES string of the molecule is CN(C(=O)O)c1nc2ccc(C3(c4ccc(F)cc4)OCCO3)cc2[nH]1. The van der Waals surface area contributed by atoms with Crippen molar-refractivity contribution in [2.45, 2.75) is 5.79 Å². The molecule has 0 spiro atoms. The van der Waals surface area contributed by atoms with Gasteiger partial charge in [-0.15, -0.1) is 0 Å². The maximum Gasteiger partial charge on any atom is 0.413 e. The molecule has 1 aromatic heterocycles. The van der Waals surface area contributed by atoms with Crippen molar-refractivity contribution >= 4 is 23.1 Å². The average Bonchev–Trinajstić information content (AvgIpc) is 3.28. The number of H-pyrrole nitrogens is 1. The van der Waals surface area contributed by atoms with Crippen molar-refractivity contribution in [2.75, 3.05) is 25.2 Å². The monoisotopic (exact) mass is 357 g/mol. The highest BCUT2D eigenvalue weighted by atomic mass is 19.1. The molecule has 3 aromatic rings. The maximum absolute atomic E-state index is 13.3.